The maximum atomic E-state index is 14.1. The second kappa shape index (κ2) is 9.16. The lowest BCUT2D eigenvalue weighted by Gasteiger charge is -2.20. The minimum Gasteiger partial charge on any atom is -0.307 e. The number of sulfonamides is 1. The predicted octanol–water partition coefficient (Wildman–Crippen LogP) is 5.62. The van der Waals surface area contributed by atoms with E-state index in [1.807, 2.05) is 4.72 Å². The van der Waals surface area contributed by atoms with Crippen LogP contribution in [0.3, 0.4) is 0 Å². The van der Waals surface area contributed by atoms with Crippen molar-refractivity contribution in [1.82, 2.24) is 4.98 Å². The number of halogens is 6. The van der Waals surface area contributed by atoms with Crippen molar-refractivity contribution in [1.29, 1.82) is 0 Å². The van der Waals surface area contributed by atoms with Crippen LogP contribution in [0.15, 0.2) is 59.6 Å². The maximum absolute atomic E-state index is 14.1. The minimum absolute atomic E-state index is 0.0649. The van der Waals surface area contributed by atoms with Crippen molar-refractivity contribution in [3.8, 4) is 0 Å². The Labute approximate surface area is 195 Å². The summed E-state index contributed by atoms with van der Waals surface area (Å²) in [6.07, 6.45) is -3.84. The summed E-state index contributed by atoms with van der Waals surface area (Å²) in [5.41, 5.74) is -2.34. The number of carbonyl (C=O) groups is 1. The number of para-hydroxylation sites is 1. The van der Waals surface area contributed by atoms with Crippen LogP contribution in [-0.4, -0.2) is 26.4 Å². The van der Waals surface area contributed by atoms with E-state index in [0.29, 0.717) is 6.07 Å². The molecule has 0 aliphatic rings. The van der Waals surface area contributed by atoms with E-state index in [0.717, 1.165) is 35.4 Å². The lowest BCUT2D eigenvalue weighted by atomic mass is 10.2. The van der Waals surface area contributed by atoms with E-state index >= 15 is 0 Å². The molecule has 3 rings (SSSR count). The van der Waals surface area contributed by atoms with Crippen LogP contribution in [0.2, 0.25) is 10.0 Å². The topological polar surface area (TPSA) is 79.4 Å². The first kappa shape index (κ1) is 24.7. The molecule has 0 radical (unpaired) electrons. The number of alkyl halides is 3. The number of hydrogen-bond acceptors (Lipinski definition) is 4. The molecule has 0 spiro atoms. The van der Waals surface area contributed by atoms with Crippen LogP contribution in [0.1, 0.15) is 16.1 Å². The second-order valence-corrected chi connectivity index (χ2v) is 9.14. The Morgan fingerprint density at radius 2 is 1.76 bits per heavy atom. The average molecular weight is 522 g/mol. The summed E-state index contributed by atoms with van der Waals surface area (Å²) in [4.78, 5) is 16.9. The lowest BCUT2D eigenvalue weighted by molar-refractivity contribution is -0.137. The van der Waals surface area contributed by atoms with E-state index in [-0.39, 0.29) is 10.7 Å². The second-order valence-electron chi connectivity index (χ2n) is 6.61. The molecule has 0 aliphatic heterocycles. The summed E-state index contributed by atoms with van der Waals surface area (Å²) in [6, 6.07) is 8.40. The summed E-state index contributed by atoms with van der Waals surface area (Å²) >= 11 is 11.4. The molecule has 1 N–H and O–H groups in total. The Kier molecular flexibility index (Phi) is 6.87. The number of nitrogens with zero attached hydrogens (tertiary/aromatic N) is 2. The first-order valence-electron chi connectivity index (χ1n) is 8.89. The molecule has 2 aromatic carbocycles. The fraction of sp³-hybridized carbons (Fsp3) is 0.100. The smallest absolute Gasteiger partial charge is 0.307 e. The number of pyridine rings is 1. The molecule has 174 valence electrons. The number of hydrogen-bond donors (Lipinski definition) is 1. The lowest BCUT2D eigenvalue weighted by Crippen LogP contribution is -2.29. The Bertz CT molecular complexity index is 1330. The van der Waals surface area contributed by atoms with Crippen molar-refractivity contribution in [2.45, 2.75) is 11.1 Å². The van der Waals surface area contributed by atoms with Gasteiger partial charge in [-0.25, -0.2) is 17.8 Å². The molecular formula is C20H13Cl2F4N3O3S. The van der Waals surface area contributed by atoms with Gasteiger partial charge in [0.25, 0.3) is 15.9 Å². The van der Waals surface area contributed by atoms with Crippen LogP contribution in [0.4, 0.5) is 28.9 Å². The van der Waals surface area contributed by atoms with E-state index < -0.39 is 54.8 Å². The van der Waals surface area contributed by atoms with E-state index in [9.17, 15) is 30.8 Å². The van der Waals surface area contributed by atoms with Crippen molar-refractivity contribution >= 4 is 50.5 Å². The van der Waals surface area contributed by atoms with Gasteiger partial charge in [0.05, 0.1) is 31.9 Å². The number of nitrogens with one attached hydrogen (secondary N) is 1. The summed E-state index contributed by atoms with van der Waals surface area (Å²) in [6.45, 7) is 0. The zero-order valence-corrected chi connectivity index (χ0v) is 18.8. The third-order valence-corrected chi connectivity index (χ3v) is 6.27. The van der Waals surface area contributed by atoms with Crippen LogP contribution in [-0.2, 0) is 16.2 Å². The van der Waals surface area contributed by atoms with Crippen LogP contribution >= 0.6 is 23.2 Å². The average Bonchev–Trinajstić information content (AvgIpc) is 2.72. The highest BCUT2D eigenvalue weighted by Gasteiger charge is 2.35. The SMILES string of the molecule is CN(C(=O)c1ncc(Cl)cc1NS(=O)(=O)c1ccc(Cl)c(C(F)(F)F)c1)c1ccccc1F. The molecule has 1 heterocycles. The summed E-state index contributed by atoms with van der Waals surface area (Å²) in [5.74, 6) is -1.62. The van der Waals surface area contributed by atoms with Crippen LogP contribution in [0.5, 0.6) is 0 Å². The third kappa shape index (κ3) is 5.37. The molecule has 3 aromatic rings. The fourth-order valence-corrected chi connectivity index (χ4v) is 4.24. The normalized spacial score (nSPS) is 11.8. The van der Waals surface area contributed by atoms with Crippen molar-refractivity contribution in [3.63, 3.8) is 0 Å². The molecule has 1 amide bonds. The molecule has 13 heteroatoms. The summed E-state index contributed by atoms with van der Waals surface area (Å²) in [7, 11) is -3.40. The van der Waals surface area contributed by atoms with Gasteiger partial charge < -0.3 is 4.90 Å². The number of aromatic nitrogens is 1. The molecule has 0 unspecified atom stereocenters. The molecule has 0 aliphatic carbocycles. The summed E-state index contributed by atoms with van der Waals surface area (Å²) < 4.78 is 81.1. The zero-order chi connectivity index (χ0) is 24.6. The zero-order valence-electron chi connectivity index (χ0n) is 16.5. The van der Waals surface area contributed by atoms with Crippen LogP contribution < -0.4 is 9.62 Å². The summed E-state index contributed by atoms with van der Waals surface area (Å²) in [5, 5.41) is -0.752. The molecule has 33 heavy (non-hydrogen) atoms. The van der Waals surface area contributed by atoms with E-state index in [2.05, 4.69) is 4.98 Å². The number of benzene rings is 2. The fourth-order valence-electron chi connectivity index (χ4n) is 2.77. The third-order valence-electron chi connectivity index (χ3n) is 4.37. The van der Waals surface area contributed by atoms with Crippen molar-refractivity contribution in [2.75, 3.05) is 16.7 Å². The van der Waals surface area contributed by atoms with Crippen molar-refractivity contribution in [2.24, 2.45) is 0 Å². The van der Waals surface area contributed by atoms with Gasteiger partial charge in [-0.05, 0) is 36.4 Å². The molecule has 0 saturated carbocycles. The van der Waals surface area contributed by atoms with Crippen molar-refractivity contribution in [3.05, 3.63) is 81.8 Å². The highest BCUT2D eigenvalue weighted by Crippen LogP contribution is 2.36. The quantitative estimate of drug-likeness (QED) is 0.441. The van der Waals surface area contributed by atoms with Gasteiger partial charge in [0.15, 0.2) is 5.69 Å². The van der Waals surface area contributed by atoms with Gasteiger partial charge in [-0.3, -0.25) is 9.52 Å². The highest BCUT2D eigenvalue weighted by atomic mass is 35.5. The Morgan fingerprint density at radius 1 is 1.09 bits per heavy atom. The molecular weight excluding hydrogens is 509 g/mol. The highest BCUT2D eigenvalue weighted by molar-refractivity contribution is 7.92. The minimum atomic E-state index is -4.90. The molecule has 0 fully saturated rings. The number of carbonyl (C=O) groups excluding carboxylic acids is 1. The molecule has 1 aromatic heterocycles. The number of anilines is 2. The Morgan fingerprint density at radius 3 is 2.39 bits per heavy atom. The van der Waals surface area contributed by atoms with Gasteiger partial charge in [-0.2, -0.15) is 13.2 Å². The van der Waals surface area contributed by atoms with Crippen molar-refractivity contribution < 1.29 is 30.8 Å². The van der Waals surface area contributed by atoms with E-state index in [1.54, 1.807) is 0 Å². The van der Waals surface area contributed by atoms with Gasteiger partial charge in [-0.15, -0.1) is 0 Å². The molecule has 0 atom stereocenters. The van der Waals surface area contributed by atoms with Gasteiger partial charge in [0.2, 0.25) is 0 Å². The van der Waals surface area contributed by atoms with E-state index in [1.165, 1.54) is 25.2 Å². The maximum Gasteiger partial charge on any atom is 0.417 e. The Balaban J connectivity index is 2.02. The van der Waals surface area contributed by atoms with Gasteiger partial charge >= 0.3 is 6.18 Å². The van der Waals surface area contributed by atoms with Gasteiger partial charge in [0.1, 0.15) is 5.82 Å². The number of amides is 1. The van der Waals surface area contributed by atoms with Gasteiger partial charge in [-0.1, -0.05) is 35.3 Å². The number of rotatable bonds is 5. The van der Waals surface area contributed by atoms with Crippen LogP contribution in [0, 0.1) is 5.82 Å². The molecule has 6 nitrogen and oxygen atoms in total. The monoisotopic (exact) mass is 521 g/mol. The van der Waals surface area contributed by atoms with E-state index in [4.69, 9.17) is 23.2 Å². The predicted molar refractivity (Wildman–Crippen MR) is 116 cm³/mol. The largest absolute Gasteiger partial charge is 0.417 e. The Hall–Kier alpha value is -2.89. The molecule has 0 bridgehead atoms. The first-order valence-corrected chi connectivity index (χ1v) is 11.1. The standard InChI is InChI=1S/C20H13Cl2F4N3O3S/c1-29(17-5-3-2-4-15(17)23)19(30)18-16(8-11(21)10-27-18)28-33(31,32)12-6-7-14(22)13(9-12)20(24,25)26/h2-10,28H,1H3. The first-order chi connectivity index (χ1) is 15.3. The van der Waals surface area contributed by atoms with Crippen LogP contribution in [0.25, 0.3) is 0 Å². The molecule has 0 saturated heterocycles. The van der Waals surface area contributed by atoms with Gasteiger partial charge in [0, 0.05) is 13.2 Å².